The summed E-state index contributed by atoms with van der Waals surface area (Å²) in [7, 11) is 1.64. The Morgan fingerprint density at radius 2 is 2.24 bits per heavy atom. The van der Waals surface area contributed by atoms with Gasteiger partial charge in [-0.25, -0.2) is 4.39 Å². The van der Waals surface area contributed by atoms with Crippen LogP contribution in [0, 0.1) is 0 Å². The van der Waals surface area contributed by atoms with Crippen LogP contribution in [-0.2, 0) is 4.79 Å². The predicted octanol–water partition coefficient (Wildman–Crippen LogP) is -0.709. The van der Waals surface area contributed by atoms with Gasteiger partial charge in [-0.05, 0) is 26.3 Å². The van der Waals surface area contributed by atoms with Gasteiger partial charge in [-0.3, -0.25) is 4.79 Å². The van der Waals surface area contributed by atoms with Crippen LogP contribution < -0.4 is 16.4 Å². The Bertz CT molecular complexity index is 243. The topological polar surface area (TPSA) is 87.4 Å². The monoisotopic (exact) mass is 247 g/mol. The number of alkyl halides is 1. The summed E-state index contributed by atoms with van der Waals surface area (Å²) in [6, 6.07) is -0.231. The van der Waals surface area contributed by atoms with Crippen LogP contribution in [0.25, 0.3) is 0 Å². The van der Waals surface area contributed by atoms with Gasteiger partial charge in [0.2, 0.25) is 5.91 Å². The van der Waals surface area contributed by atoms with Gasteiger partial charge in [0.25, 0.3) is 0 Å². The average Bonchev–Trinajstić information content (AvgIpc) is 2.14. The number of rotatable bonds is 5. The van der Waals surface area contributed by atoms with Crippen LogP contribution in [0.2, 0.25) is 0 Å². The van der Waals surface area contributed by atoms with E-state index >= 15 is 0 Å². The minimum Gasteiger partial charge on any atom is -0.393 e. The van der Waals surface area contributed by atoms with E-state index in [1.54, 1.807) is 7.05 Å². The molecule has 4 atom stereocenters. The summed E-state index contributed by atoms with van der Waals surface area (Å²) in [6.07, 6.45) is -0.0842. The standard InChI is InChI=1S/C11H22FN3O2/c1-14-6-7(12)2-11(17)15-9-3-8(13)4-10(16)5-9/h7-10,14,16H,2-6,13H2,1H3,(H,15,17). The normalized spacial score (nSPS) is 30.9. The van der Waals surface area contributed by atoms with Crippen molar-refractivity contribution in [2.45, 2.75) is 50.0 Å². The van der Waals surface area contributed by atoms with Crippen molar-refractivity contribution in [1.29, 1.82) is 0 Å². The van der Waals surface area contributed by atoms with Gasteiger partial charge >= 0.3 is 0 Å². The maximum atomic E-state index is 13.2. The molecule has 5 N–H and O–H groups in total. The number of amides is 1. The summed E-state index contributed by atoms with van der Waals surface area (Å²) in [5.41, 5.74) is 5.74. The van der Waals surface area contributed by atoms with Gasteiger partial charge in [-0.1, -0.05) is 0 Å². The molecule has 1 fully saturated rings. The smallest absolute Gasteiger partial charge is 0.223 e. The van der Waals surface area contributed by atoms with E-state index in [9.17, 15) is 14.3 Å². The number of aliphatic hydroxyl groups is 1. The minimum atomic E-state index is -1.18. The van der Waals surface area contributed by atoms with Gasteiger partial charge in [0, 0.05) is 18.6 Å². The molecule has 0 radical (unpaired) electrons. The molecule has 1 aliphatic rings. The van der Waals surface area contributed by atoms with Gasteiger partial charge in [0.05, 0.1) is 12.5 Å². The Labute approximate surface area is 101 Å². The van der Waals surface area contributed by atoms with Crippen molar-refractivity contribution in [3.05, 3.63) is 0 Å². The molecule has 0 aromatic heterocycles. The molecule has 1 amide bonds. The van der Waals surface area contributed by atoms with Gasteiger partial charge in [-0.15, -0.1) is 0 Å². The summed E-state index contributed by atoms with van der Waals surface area (Å²) in [5, 5.41) is 14.9. The Balaban J connectivity index is 2.30. The lowest BCUT2D eigenvalue weighted by Gasteiger charge is -2.31. The number of hydrogen-bond acceptors (Lipinski definition) is 4. The van der Waals surface area contributed by atoms with E-state index in [1.165, 1.54) is 0 Å². The van der Waals surface area contributed by atoms with Gasteiger partial charge < -0.3 is 21.5 Å². The van der Waals surface area contributed by atoms with Crippen molar-refractivity contribution in [2.24, 2.45) is 5.73 Å². The number of nitrogens with one attached hydrogen (secondary N) is 2. The number of nitrogens with two attached hydrogens (primary N) is 1. The summed E-state index contributed by atoms with van der Waals surface area (Å²) in [5.74, 6) is -0.320. The lowest BCUT2D eigenvalue weighted by atomic mass is 9.89. The molecule has 1 aliphatic carbocycles. The molecule has 0 aliphatic heterocycles. The molecule has 100 valence electrons. The van der Waals surface area contributed by atoms with Crippen molar-refractivity contribution in [1.82, 2.24) is 10.6 Å². The fourth-order valence-electron chi connectivity index (χ4n) is 2.23. The first-order valence-electron chi connectivity index (χ1n) is 6.03. The average molecular weight is 247 g/mol. The lowest BCUT2D eigenvalue weighted by Crippen LogP contribution is -2.47. The third-order valence-electron chi connectivity index (χ3n) is 2.92. The van der Waals surface area contributed by atoms with Crippen LogP contribution >= 0.6 is 0 Å². The first kappa shape index (κ1) is 14.3. The molecule has 0 spiro atoms. The molecule has 1 saturated carbocycles. The highest BCUT2D eigenvalue weighted by Crippen LogP contribution is 2.17. The van der Waals surface area contributed by atoms with Crippen molar-refractivity contribution < 1.29 is 14.3 Å². The fourth-order valence-corrected chi connectivity index (χ4v) is 2.23. The van der Waals surface area contributed by atoms with Crippen LogP contribution in [0.5, 0.6) is 0 Å². The van der Waals surface area contributed by atoms with Crippen LogP contribution in [0.15, 0.2) is 0 Å². The summed E-state index contributed by atoms with van der Waals surface area (Å²) in [4.78, 5) is 11.5. The van der Waals surface area contributed by atoms with Crippen molar-refractivity contribution in [3.8, 4) is 0 Å². The Morgan fingerprint density at radius 1 is 1.53 bits per heavy atom. The van der Waals surface area contributed by atoms with Crippen LogP contribution in [0.4, 0.5) is 4.39 Å². The minimum absolute atomic E-state index is 0.0949. The van der Waals surface area contributed by atoms with E-state index in [0.29, 0.717) is 19.3 Å². The number of aliphatic hydroxyl groups excluding tert-OH is 1. The van der Waals surface area contributed by atoms with Crippen molar-refractivity contribution >= 4 is 5.91 Å². The first-order valence-corrected chi connectivity index (χ1v) is 6.03. The third-order valence-corrected chi connectivity index (χ3v) is 2.92. The van der Waals surface area contributed by atoms with E-state index in [2.05, 4.69) is 10.6 Å². The Kier molecular flexibility index (Phi) is 5.80. The molecule has 4 unspecified atom stereocenters. The van der Waals surface area contributed by atoms with E-state index in [4.69, 9.17) is 5.73 Å². The summed E-state index contributed by atoms with van der Waals surface area (Å²) in [6.45, 7) is 0.167. The van der Waals surface area contributed by atoms with Gasteiger partial charge in [0.15, 0.2) is 0 Å². The second kappa shape index (κ2) is 6.88. The Morgan fingerprint density at radius 3 is 2.82 bits per heavy atom. The van der Waals surface area contributed by atoms with Gasteiger partial charge in [-0.2, -0.15) is 0 Å². The highest BCUT2D eigenvalue weighted by molar-refractivity contribution is 5.76. The molecular weight excluding hydrogens is 225 g/mol. The molecule has 0 saturated heterocycles. The molecule has 5 nitrogen and oxygen atoms in total. The fraction of sp³-hybridized carbons (Fsp3) is 0.909. The maximum Gasteiger partial charge on any atom is 0.223 e. The molecule has 0 aromatic carbocycles. The zero-order valence-corrected chi connectivity index (χ0v) is 10.2. The lowest BCUT2D eigenvalue weighted by molar-refractivity contribution is -0.123. The Hall–Kier alpha value is -0.720. The van der Waals surface area contributed by atoms with Gasteiger partial charge in [0.1, 0.15) is 6.17 Å². The SMILES string of the molecule is CNCC(F)CC(=O)NC1CC(N)CC(O)C1. The van der Waals surface area contributed by atoms with Crippen molar-refractivity contribution in [2.75, 3.05) is 13.6 Å². The van der Waals surface area contributed by atoms with Crippen molar-refractivity contribution in [3.63, 3.8) is 0 Å². The molecule has 1 rings (SSSR count). The van der Waals surface area contributed by atoms with Crippen LogP contribution in [0.1, 0.15) is 25.7 Å². The third kappa shape index (κ3) is 5.43. The predicted molar refractivity (Wildman–Crippen MR) is 63.2 cm³/mol. The largest absolute Gasteiger partial charge is 0.393 e. The second-order valence-corrected chi connectivity index (χ2v) is 4.74. The van der Waals surface area contributed by atoms with Crippen LogP contribution in [0.3, 0.4) is 0 Å². The molecular formula is C11H22FN3O2. The zero-order chi connectivity index (χ0) is 12.8. The molecule has 0 aromatic rings. The zero-order valence-electron chi connectivity index (χ0n) is 10.2. The number of carbonyl (C=O) groups excluding carboxylic acids is 1. The summed E-state index contributed by atoms with van der Waals surface area (Å²) < 4.78 is 13.2. The van der Waals surface area contributed by atoms with E-state index < -0.39 is 12.3 Å². The molecule has 6 heteroatoms. The quantitative estimate of drug-likeness (QED) is 0.517. The maximum absolute atomic E-state index is 13.2. The molecule has 17 heavy (non-hydrogen) atoms. The number of hydrogen-bond donors (Lipinski definition) is 4. The molecule has 0 bridgehead atoms. The highest BCUT2D eigenvalue weighted by atomic mass is 19.1. The number of carbonyl (C=O) groups is 1. The van der Waals surface area contributed by atoms with E-state index in [0.717, 1.165) is 0 Å². The van der Waals surface area contributed by atoms with E-state index in [1.807, 2.05) is 0 Å². The highest BCUT2D eigenvalue weighted by Gasteiger charge is 2.27. The number of halogens is 1. The molecule has 0 heterocycles. The van der Waals surface area contributed by atoms with Crippen LogP contribution in [-0.4, -0.2) is 49.0 Å². The first-order chi connectivity index (χ1) is 8.01. The summed E-state index contributed by atoms with van der Waals surface area (Å²) >= 11 is 0. The van der Waals surface area contributed by atoms with E-state index in [-0.39, 0.29) is 31.0 Å². The second-order valence-electron chi connectivity index (χ2n) is 4.74.